The number of carbonyl (C=O) groups excluding carboxylic acids is 2. The molecular formula is C22H20N2O3. The normalized spacial score (nSPS) is 13.7. The second-order valence-corrected chi connectivity index (χ2v) is 6.75. The van der Waals surface area contributed by atoms with E-state index in [0.29, 0.717) is 11.3 Å². The van der Waals surface area contributed by atoms with Crippen LogP contribution in [0.5, 0.6) is 5.75 Å². The summed E-state index contributed by atoms with van der Waals surface area (Å²) in [5.41, 5.74) is 1.40. The van der Waals surface area contributed by atoms with Gasteiger partial charge in [-0.2, -0.15) is 0 Å². The number of nitrogens with zero attached hydrogens (tertiary/aromatic N) is 1. The van der Waals surface area contributed by atoms with E-state index in [1.165, 1.54) is 0 Å². The number of carbonyl (C=O) groups is 2. The number of phenolic OH excluding ortho intramolecular Hbond substituents is 1. The van der Waals surface area contributed by atoms with Crippen molar-refractivity contribution in [3.8, 4) is 5.75 Å². The first kappa shape index (κ1) is 17.1. The average molecular weight is 360 g/mol. The Labute approximate surface area is 157 Å². The third-order valence-electron chi connectivity index (χ3n) is 4.89. The number of fused-ring (bicyclic) bond motifs is 1. The number of benzene rings is 3. The number of hydrogen-bond donors (Lipinski definition) is 2. The monoisotopic (exact) mass is 360 g/mol. The minimum atomic E-state index is -0.392. The lowest BCUT2D eigenvalue weighted by Gasteiger charge is -2.15. The third-order valence-corrected chi connectivity index (χ3v) is 4.89. The highest BCUT2D eigenvalue weighted by molar-refractivity contribution is 6.08. The largest absolute Gasteiger partial charge is 0.507 e. The van der Waals surface area contributed by atoms with Crippen molar-refractivity contribution in [2.75, 3.05) is 18.4 Å². The maximum Gasteiger partial charge on any atom is 0.259 e. The van der Waals surface area contributed by atoms with E-state index in [9.17, 15) is 14.7 Å². The van der Waals surface area contributed by atoms with Gasteiger partial charge in [0.1, 0.15) is 5.75 Å². The van der Waals surface area contributed by atoms with Crippen LogP contribution in [0.15, 0.2) is 60.7 Å². The number of likely N-dealkylation sites (tertiary alicyclic amines) is 1. The standard InChI is InChI=1S/C22H20N2O3/c25-20-14-17-6-2-1-5-16(17)13-19(20)21(26)23-18-9-7-15(8-10-18)22(27)24-11-3-4-12-24/h1-2,5-10,13-14,25H,3-4,11-12H2,(H,23,26). The lowest BCUT2D eigenvalue weighted by Crippen LogP contribution is -2.27. The van der Waals surface area contributed by atoms with Gasteiger partial charge < -0.3 is 15.3 Å². The fraction of sp³-hybridized carbons (Fsp3) is 0.182. The maximum atomic E-state index is 12.6. The summed E-state index contributed by atoms with van der Waals surface area (Å²) < 4.78 is 0. The number of amides is 2. The molecule has 136 valence electrons. The quantitative estimate of drug-likeness (QED) is 0.741. The molecule has 1 aliphatic rings. The molecule has 2 N–H and O–H groups in total. The highest BCUT2D eigenvalue weighted by Gasteiger charge is 2.19. The summed E-state index contributed by atoms with van der Waals surface area (Å²) in [4.78, 5) is 26.8. The van der Waals surface area contributed by atoms with Gasteiger partial charge in [-0.3, -0.25) is 9.59 Å². The summed E-state index contributed by atoms with van der Waals surface area (Å²) in [5.74, 6) is -0.429. The Balaban J connectivity index is 1.51. The molecule has 0 atom stereocenters. The van der Waals surface area contributed by atoms with Crippen molar-refractivity contribution in [1.82, 2.24) is 4.90 Å². The Kier molecular flexibility index (Phi) is 4.50. The van der Waals surface area contributed by atoms with Gasteiger partial charge in [0.15, 0.2) is 0 Å². The van der Waals surface area contributed by atoms with Crippen LogP contribution in [0.3, 0.4) is 0 Å². The highest BCUT2D eigenvalue weighted by Crippen LogP contribution is 2.26. The molecule has 0 saturated carbocycles. The molecule has 1 aliphatic heterocycles. The summed E-state index contributed by atoms with van der Waals surface area (Å²) in [7, 11) is 0. The van der Waals surface area contributed by atoms with Crippen molar-refractivity contribution < 1.29 is 14.7 Å². The first-order valence-corrected chi connectivity index (χ1v) is 9.04. The first-order valence-electron chi connectivity index (χ1n) is 9.04. The second kappa shape index (κ2) is 7.11. The molecule has 3 aromatic rings. The van der Waals surface area contributed by atoms with Crippen molar-refractivity contribution in [2.45, 2.75) is 12.8 Å². The van der Waals surface area contributed by atoms with Gasteiger partial charge in [-0.1, -0.05) is 24.3 Å². The molecule has 1 fully saturated rings. The van der Waals surface area contributed by atoms with Crippen LogP contribution in [0.25, 0.3) is 10.8 Å². The van der Waals surface area contributed by atoms with Crippen molar-refractivity contribution in [3.63, 3.8) is 0 Å². The molecule has 0 aliphatic carbocycles. The summed E-state index contributed by atoms with van der Waals surface area (Å²) >= 11 is 0. The van der Waals surface area contributed by atoms with Crippen LogP contribution in [-0.2, 0) is 0 Å². The molecule has 5 nitrogen and oxygen atoms in total. The number of anilines is 1. The van der Waals surface area contributed by atoms with Crippen LogP contribution in [0.4, 0.5) is 5.69 Å². The Hall–Kier alpha value is -3.34. The molecule has 4 rings (SSSR count). The molecule has 0 spiro atoms. The molecule has 2 amide bonds. The van der Waals surface area contributed by atoms with Crippen molar-refractivity contribution in [2.24, 2.45) is 0 Å². The lowest BCUT2D eigenvalue weighted by molar-refractivity contribution is 0.0792. The van der Waals surface area contributed by atoms with Crippen molar-refractivity contribution in [3.05, 3.63) is 71.8 Å². The number of phenols is 1. The SMILES string of the molecule is O=C(Nc1ccc(C(=O)N2CCCC2)cc1)c1cc2ccccc2cc1O. The van der Waals surface area contributed by atoms with Crippen LogP contribution in [-0.4, -0.2) is 34.9 Å². The van der Waals surface area contributed by atoms with Gasteiger partial charge in [-0.15, -0.1) is 0 Å². The van der Waals surface area contributed by atoms with E-state index >= 15 is 0 Å². The molecule has 5 heteroatoms. The van der Waals surface area contributed by atoms with Gasteiger partial charge in [0.2, 0.25) is 0 Å². The fourth-order valence-electron chi connectivity index (χ4n) is 3.41. The molecule has 27 heavy (non-hydrogen) atoms. The highest BCUT2D eigenvalue weighted by atomic mass is 16.3. The van der Waals surface area contributed by atoms with E-state index in [2.05, 4.69) is 5.32 Å². The zero-order valence-electron chi connectivity index (χ0n) is 14.8. The van der Waals surface area contributed by atoms with Gasteiger partial charge in [-0.05, 0) is 60.0 Å². The van der Waals surface area contributed by atoms with Gasteiger partial charge in [0.05, 0.1) is 5.56 Å². The predicted octanol–water partition coefficient (Wildman–Crippen LogP) is 4.03. The van der Waals surface area contributed by atoms with E-state index in [1.54, 1.807) is 36.4 Å². The van der Waals surface area contributed by atoms with E-state index < -0.39 is 5.91 Å². The van der Waals surface area contributed by atoms with E-state index in [1.807, 2.05) is 29.2 Å². The lowest BCUT2D eigenvalue weighted by atomic mass is 10.1. The third kappa shape index (κ3) is 3.49. The molecule has 1 saturated heterocycles. The number of hydrogen-bond acceptors (Lipinski definition) is 3. The number of aromatic hydroxyl groups is 1. The van der Waals surface area contributed by atoms with Gasteiger partial charge in [0, 0.05) is 24.3 Å². The van der Waals surface area contributed by atoms with E-state index in [-0.39, 0.29) is 17.2 Å². The summed E-state index contributed by atoms with van der Waals surface area (Å²) in [6.07, 6.45) is 2.10. The number of nitrogens with one attached hydrogen (secondary N) is 1. The van der Waals surface area contributed by atoms with Crippen molar-refractivity contribution in [1.29, 1.82) is 0 Å². The van der Waals surface area contributed by atoms with E-state index in [4.69, 9.17) is 0 Å². The topological polar surface area (TPSA) is 69.6 Å². The zero-order chi connectivity index (χ0) is 18.8. The molecule has 1 heterocycles. The smallest absolute Gasteiger partial charge is 0.259 e. The molecule has 0 radical (unpaired) electrons. The van der Waals surface area contributed by atoms with Crippen LogP contribution in [0.1, 0.15) is 33.6 Å². The first-order chi connectivity index (χ1) is 13.1. The fourth-order valence-corrected chi connectivity index (χ4v) is 3.41. The van der Waals surface area contributed by atoms with Gasteiger partial charge >= 0.3 is 0 Å². The predicted molar refractivity (Wildman–Crippen MR) is 105 cm³/mol. The maximum absolute atomic E-state index is 12.6. The molecular weight excluding hydrogens is 340 g/mol. The van der Waals surface area contributed by atoms with Crippen LogP contribution >= 0.6 is 0 Å². The van der Waals surface area contributed by atoms with Crippen LogP contribution in [0.2, 0.25) is 0 Å². The van der Waals surface area contributed by atoms with Gasteiger partial charge in [0.25, 0.3) is 11.8 Å². The Morgan fingerprint density at radius 3 is 2.19 bits per heavy atom. The summed E-state index contributed by atoms with van der Waals surface area (Å²) in [6, 6.07) is 17.7. The van der Waals surface area contributed by atoms with Crippen LogP contribution in [0, 0.1) is 0 Å². The Bertz CT molecular complexity index is 1010. The zero-order valence-corrected chi connectivity index (χ0v) is 14.8. The minimum Gasteiger partial charge on any atom is -0.507 e. The molecule has 3 aromatic carbocycles. The minimum absolute atomic E-state index is 0.0255. The Morgan fingerprint density at radius 2 is 1.52 bits per heavy atom. The summed E-state index contributed by atoms with van der Waals surface area (Å²) in [6.45, 7) is 1.61. The second-order valence-electron chi connectivity index (χ2n) is 6.75. The summed E-state index contributed by atoms with van der Waals surface area (Å²) in [5, 5.41) is 14.7. The average Bonchev–Trinajstić information content (AvgIpc) is 3.22. The molecule has 0 unspecified atom stereocenters. The molecule has 0 bridgehead atoms. The van der Waals surface area contributed by atoms with E-state index in [0.717, 1.165) is 36.7 Å². The Morgan fingerprint density at radius 1 is 0.889 bits per heavy atom. The molecule has 0 aromatic heterocycles. The number of rotatable bonds is 3. The van der Waals surface area contributed by atoms with Gasteiger partial charge in [-0.25, -0.2) is 0 Å². The van der Waals surface area contributed by atoms with Crippen LogP contribution < -0.4 is 5.32 Å². The van der Waals surface area contributed by atoms with Crippen molar-refractivity contribution >= 4 is 28.3 Å².